The number of anilines is 1. The lowest BCUT2D eigenvalue weighted by Crippen LogP contribution is -2.72. The number of amides is 4. The fourth-order valence-corrected chi connectivity index (χ4v) is 4.70. The van der Waals surface area contributed by atoms with Crippen LogP contribution in [0.25, 0.3) is 0 Å². The average molecular weight is 359 g/mol. The topological polar surface area (TPSA) is 69.7 Å². The molecular formula is C19H22FN3O3. The quantitative estimate of drug-likeness (QED) is 0.822. The molecule has 0 radical (unpaired) electrons. The number of carbonyl (C=O) groups is 3. The SMILES string of the molecule is CC[C@H](C)N1C(=O)NC(=O)[C@@]2(Cc3cccc(F)c3N3CCC[C@H]32)C1=O. The van der Waals surface area contributed by atoms with Crippen molar-refractivity contribution >= 4 is 23.5 Å². The van der Waals surface area contributed by atoms with E-state index in [9.17, 15) is 18.8 Å². The molecule has 3 heterocycles. The molecule has 1 aromatic rings. The molecule has 3 aliphatic heterocycles. The Hall–Kier alpha value is -2.44. The van der Waals surface area contributed by atoms with Gasteiger partial charge in [0.1, 0.15) is 5.82 Å². The zero-order chi connectivity index (χ0) is 18.6. The standard InChI is InChI=1S/C19H22FN3O3/c1-3-11(2)23-17(25)19(16(24)21-18(23)26)10-12-6-4-7-13(20)15(12)22-9-5-8-14(19)22/h4,6-7,11,14H,3,5,8-10H2,1-2H3,(H,21,24,26)/t11-,14-,19-/m0/s1. The average Bonchev–Trinajstić information content (AvgIpc) is 3.09. The van der Waals surface area contributed by atoms with Gasteiger partial charge < -0.3 is 4.90 Å². The van der Waals surface area contributed by atoms with Crippen molar-refractivity contribution in [3.8, 4) is 0 Å². The van der Waals surface area contributed by atoms with Gasteiger partial charge in [0.25, 0.3) is 0 Å². The number of urea groups is 1. The minimum absolute atomic E-state index is 0.117. The Balaban J connectivity index is 1.88. The van der Waals surface area contributed by atoms with E-state index in [0.717, 1.165) is 6.42 Å². The smallest absolute Gasteiger partial charge is 0.331 e. The highest BCUT2D eigenvalue weighted by Gasteiger charge is 2.63. The number of nitrogens with zero attached hydrogens (tertiary/aromatic N) is 2. The van der Waals surface area contributed by atoms with E-state index >= 15 is 0 Å². The molecule has 4 amide bonds. The van der Waals surface area contributed by atoms with Gasteiger partial charge in [-0.15, -0.1) is 0 Å². The van der Waals surface area contributed by atoms with E-state index in [0.29, 0.717) is 30.6 Å². The lowest BCUT2D eigenvalue weighted by Gasteiger charge is -2.50. The van der Waals surface area contributed by atoms with Gasteiger partial charge in [0, 0.05) is 12.6 Å². The van der Waals surface area contributed by atoms with Gasteiger partial charge in [-0.3, -0.25) is 19.8 Å². The van der Waals surface area contributed by atoms with Crippen LogP contribution in [0.5, 0.6) is 0 Å². The van der Waals surface area contributed by atoms with Gasteiger partial charge in [0.05, 0.1) is 11.7 Å². The normalized spacial score (nSPS) is 28.9. The number of fused-ring (bicyclic) bond motifs is 4. The summed E-state index contributed by atoms with van der Waals surface area (Å²) < 4.78 is 14.5. The maximum Gasteiger partial charge on any atom is 0.331 e. The van der Waals surface area contributed by atoms with Crippen LogP contribution >= 0.6 is 0 Å². The highest BCUT2D eigenvalue weighted by atomic mass is 19.1. The molecule has 0 unspecified atom stereocenters. The third-order valence-corrected chi connectivity index (χ3v) is 6.12. The van der Waals surface area contributed by atoms with Crippen molar-refractivity contribution in [2.75, 3.05) is 11.4 Å². The van der Waals surface area contributed by atoms with E-state index in [4.69, 9.17) is 0 Å². The first kappa shape index (κ1) is 17.0. The van der Waals surface area contributed by atoms with E-state index in [1.807, 2.05) is 11.8 Å². The van der Waals surface area contributed by atoms with Crippen molar-refractivity contribution in [2.24, 2.45) is 5.41 Å². The highest BCUT2D eigenvalue weighted by Crippen LogP contribution is 2.49. The number of para-hydroxylation sites is 1. The molecule has 1 aromatic carbocycles. The Labute approximate surface area is 151 Å². The number of nitrogens with one attached hydrogen (secondary N) is 1. The molecule has 7 heteroatoms. The lowest BCUT2D eigenvalue weighted by molar-refractivity contribution is -0.154. The molecule has 138 valence electrons. The first-order chi connectivity index (χ1) is 12.4. The minimum Gasteiger partial charge on any atom is -0.364 e. The maximum absolute atomic E-state index is 14.5. The van der Waals surface area contributed by atoms with Crippen molar-refractivity contribution in [3.63, 3.8) is 0 Å². The van der Waals surface area contributed by atoms with Crippen LogP contribution in [-0.4, -0.2) is 41.4 Å². The Morgan fingerprint density at radius 1 is 1.35 bits per heavy atom. The van der Waals surface area contributed by atoms with E-state index < -0.39 is 29.3 Å². The number of carbonyl (C=O) groups excluding carboxylic acids is 3. The zero-order valence-corrected chi connectivity index (χ0v) is 14.9. The van der Waals surface area contributed by atoms with Crippen molar-refractivity contribution < 1.29 is 18.8 Å². The van der Waals surface area contributed by atoms with Gasteiger partial charge in [-0.25, -0.2) is 9.18 Å². The van der Waals surface area contributed by atoms with Crippen LogP contribution < -0.4 is 10.2 Å². The number of halogens is 1. The second kappa shape index (κ2) is 5.79. The van der Waals surface area contributed by atoms with Crippen LogP contribution in [0.2, 0.25) is 0 Å². The molecule has 26 heavy (non-hydrogen) atoms. The van der Waals surface area contributed by atoms with Crippen molar-refractivity contribution in [3.05, 3.63) is 29.6 Å². The van der Waals surface area contributed by atoms with Crippen molar-refractivity contribution in [1.29, 1.82) is 0 Å². The largest absolute Gasteiger partial charge is 0.364 e. The third kappa shape index (κ3) is 2.06. The second-order valence-corrected chi connectivity index (χ2v) is 7.44. The summed E-state index contributed by atoms with van der Waals surface area (Å²) in [6.45, 7) is 4.28. The molecule has 3 atom stereocenters. The fraction of sp³-hybridized carbons (Fsp3) is 0.526. The molecule has 2 saturated heterocycles. The summed E-state index contributed by atoms with van der Waals surface area (Å²) in [5.74, 6) is -1.34. The Morgan fingerprint density at radius 3 is 2.85 bits per heavy atom. The monoisotopic (exact) mass is 359 g/mol. The molecule has 1 spiro atoms. The summed E-state index contributed by atoms with van der Waals surface area (Å²) >= 11 is 0. The summed E-state index contributed by atoms with van der Waals surface area (Å²) in [5, 5.41) is 2.40. The molecule has 1 N–H and O–H groups in total. The summed E-state index contributed by atoms with van der Waals surface area (Å²) in [7, 11) is 0. The first-order valence-corrected chi connectivity index (χ1v) is 9.15. The molecule has 4 rings (SSSR count). The Morgan fingerprint density at radius 2 is 2.12 bits per heavy atom. The van der Waals surface area contributed by atoms with Crippen LogP contribution in [0.15, 0.2) is 18.2 Å². The predicted octanol–water partition coefficient (Wildman–Crippen LogP) is 2.21. The van der Waals surface area contributed by atoms with Gasteiger partial charge in [0.2, 0.25) is 11.8 Å². The van der Waals surface area contributed by atoms with E-state index in [2.05, 4.69) is 5.32 Å². The molecule has 6 nitrogen and oxygen atoms in total. The molecule has 0 bridgehead atoms. The Kier molecular flexibility index (Phi) is 3.78. The van der Waals surface area contributed by atoms with Crippen molar-refractivity contribution in [2.45, 2.75) is 51.6 Å². The van der Waals surface area contributed by atoms with Gasteiger partial charge in [-0.1, -0.05) is 19.1 Å². The number of hydrogen-bond acceptors (Lipinski definition) is 4. The minimum atomic E-state index is -1.38. The summed E-state index contributed by atoms with van der Waals surface area (Å²) in [5.41, 5.74) is -0.243. The third-order valence-electron chi connectivity index (χ3n) is 6.12. The summed E-state index contributed by atoms with van der Waals surface area (Å²) in [6.07, 6.45) is 2.11. The maximum atomic E-state index is 14.5. The molecule has 3 aliphatic rings. The number of barbiturate groups is 1. The number of hydrogen-bond donors (Lipinski definition) is 1. The number of imide groups is 2. The van der Waals surface area contributed by atoms with E-state index in [1.54, 1.807) is 19.1 Å². The molecule has 2 fully saturated rings. The summed E-state index contributed by atoms with van der Waals surface area (Å²) in [6, 6.07) is 3.37. The van der Waals surface area contributed by atoms with E-state index in [-0.39, 0.29) is 18.3 Å². The predicted molar refractivity (Wildman–Crippen MR) is 93.0 cm³/mol. The van der Waals surface area contributed by atoms with Gasteiger partial charge in [0.15, 0.2) is 5.41 Å². The van der Waals surface area contributed by atoms with Crippen LogP contribution in [0.3, 0.4) is 0 Å². The van der Waals surface area contributed by atoms with Crippen LogP contribution in [0.1, 0.15) is 38.7 Å². The van der Waals surface area contributed by atoms with Crippen LogP contribution in [0, 0.1) is 11.2 Å². The fourth-order valence-electron chi connectivity index (χ4n) is 4.70. The molecule has 0 saturated carbocycles. The van der Waals surface area contributed by atoms with Crippen LogP contribution in [-0.2, 0) is 16.0 Å². The second-order valence-electron chi connectivity index (χ2n) is 7.44. The van der Waals surface area contributed by atoms with Crippen LogP contribution in [0.4, 0.5) is 14.9 Å². The molecule has 0 aromatic heterocycles. The molecule has 0 aliphatic carbocycles. The number of rotatable bonds is 2. The molecular weight excluding hydrogens is 337 g/mol. The van der Waals surface area contributed by atoms with E-state index in [1.165, 1.54) is 11.0 Å². The Bertz CT molecular complexity index is 811. The summed E-state index contributed by atoms with van der Waals surface area (Å²) in [4.78, 5) is 41.8. The zero-order valence-electron chi connectivity index (χ0n) is 14.9. The number of benzene rings is 1. The highest BCUT2D eigenvalue weighted by molar-refractivity contribution is 6.20. The first-order valence-electron chi connectivity index (χ1n) is 9.15. The van der Waals surface area contributed by atoms with Gasteiger partial charge in [-0.05, 0) is 44.2 Å². The van der Waals surface area contributed by atoms with Crippen molar-refractivity contribution in [1.82, 2.24) is 10.2 Å². The van der Waals surface area contributed by atoms with Gasteiger partial charge in [-0.2, -0.15) is 0 Å². The lowest BCUT2D eigenvalue weighted by atomic mass is 9.68. The van der Waals surface area contributed by atoms with Gasteiger partial charge >= 0.3 is 6.03 Å².